The van der Waals surface area contributed by atoms with Crippen molar-refractivity contribution in [3.05, 3.63) is 29.6 Å². The number of amides is 1. The second-order valence-corrected chi connectivity index (χ2v) is 5.38. The van der Waals surface area contributed by atoms with Crippen LogP contribution < -0.4 is 0 Å². The molecule has 0 fully saturated rings. The lowest BCUT2D eigenvalue weighted by Gasteiger charge is -2.20. The number of carbonyl (C=O) groups excluding carboxylic acids is 1. The molecule has 7 heteroatoms. The van der Waals surface area contributed by atoms with Crippen LogP contribution in [-0.4, -0.2) is 40.3 Å². The first kappa shape index (κ1) is 15.7. The molecule has 1 unspecified atom stereocenters. The van der Waals surface area contributed by atoms with Crippen LogP contribution in [0.1, 0.15) is 18.8 Å². The average molecular weight is 316 g/mol. The first-order valence-electron chi connectivity index (χ1n) is 6.49. The van der Waals surface area contributed by atoms with Gasteiger partial charge in [0.25, 0.3) is 0 Å². The van der Waals surface area contributed by atoms with Gasteiger partial charge in [-0.1, -0.05) is 0 Å². The fraction of sp³-hybridized carbons (Fsp3) is 0.429. The smallest absolute Gasteiger partial charge is 0.244 e. The maximum atomic E-state index is 13.9. The molecule has 1 atom stereocenters. The Morgan fingerprint density at radius 2 is 2.10 bits per heavy atom. The van der Waals surface area contributed by atoms with Gasteiger partial charge >= 0.3 is 0 Å². The SMILES string of the molecule is CC(C(=O)N(C)C)n1c(CCCl)nc2c(F)cc(F)cc21. The van der Waals surface area contributed by atoms with Crippen molar-refractivity contribution in [2.24, 2.45) is 0 Å². The zero-order chi connectivity index (χ0) is 15.7. The van der Waals surface area contributed by atoms with Crippen LogP contribution in [0.4, 0.5) is 8.78 Å². The number of benzene rings is 1. The summed E-state index contributed by atoms with van der Waals surface area (Å²) in [5, 5.41) is 0. The van der Waals surface area contributed by atoms with Gasteiger partial charge in [0.05, 0.1) is 5.52 Å². The van der Waals surface area contributed by atoms with Gasteiger partial charge in [0, 0.05) is 38.5 Å². The van der Waals surface area contributed by atoms with Crippen molar-refractivity contribution in [1.82, 2.24) is 14.5 Å². The van der Waals surface area contributed by atoms with Gasteiger partial charge in [-0.3, -0.25) is 4.79 Å². The lowest BCUT2D eigenvalue weighted by molar-refractivity contribution is -0.131. The summed E-state index contributed by atoms with van der Waals surface area (Å²) in [5.41, 5.74) is 0.310. The molecule has 0 aliphatic carbocycles. The van der Waals surface area contributed by atoms with E-state index in [9.17, 15) is 13.6 Å². The third-order valence-electron chi connectivity index (χ3n) is 3.29. The molecule has 0 aliphatic heterocycles. The maximum absolute atomic E-state index is 13.9. The highest BCUT2D eigenvalue weighted by Gasteiger charge is 2.24. The van der Waals surface area contributed by atoms with Crippen molar-refractivity contribution < 1.29 is 13.6 Å². The minimum Gasteiger partial charge on any atom is -0.347 e. The van der Waals surface area contributed by atoms with Gasteiger partial charge < -0.3 is 9.47 Å². The molecule has 1 heterocycles. The van der Waals surface area contributed by atoms with E-state index in [1.807, 2.05) is 0 Å². The Balaban J connectivity index is 2.68. The predicted octanol–water partition coefficient (Wildman–Crippen LogP) is 2.75. The number of hydrogen-bond donors (Lipinski definition) is 0. The maximum Gasteiger partial charge on any atom is 0.244 e. The van der Waals surface area contributed by atoms with E-state index in [0.29, 0.717) is 12.2 Å². The Morgan fingerprint density at radius 3 is 2.67 bits per heavy atom. The zero-order valence-electron chi connectivity index (χ0n) is 12.0. The number of carbonyl (C=O) groups is 1. The van der Waals surface area contributed by atoms with Gasteiger partial charge in [-0.05, 0) is 6.92 Å². The van der Waals surface area contributed by atoms with E-state index < -0.39 is 17.7 Å². The van der Waals surface area contributed by atoms with Gasteiger partial charge in [-0.15, -0.1) is 11.6 Å². The van der Waals surface area contributed by atoms with Crippen molar-refractivity contribution in [2.75, 3.05) is 20.0 Å². The Kier molecular flexibility index (Phi) is 4.46. The van der Waals surface area contributed by atoms with Crippen LogP contribution in [0.25, 0.3) is 11.0 Å². The third-order valence-corrected chi connectivity index (χ3v) is 3.48. The van der Waals surface area contributed by atoms with Crippen LogP contribution in [-0.2, 0) is 11.2 Å². The molecule has 2 aromatic rings. The monoisotopic (exact) mass is 315 g/mol. The van der Waals surface area contributed by atoms with Crippen LogP contribution in [0.2, 0.25) is 0 Å². The molecular weight excluding hydrogens is 300 g/mol. The van der Waals surface area contributed by atoms with Crippen LogP contribution in [0.15, 0.2) is 12.1 Å². The second-order valence-electron chi connectivity index (χ2n) is 5.00. The molecule has 21 heavy (non-hydrogen) atoms. The van der Waals surface area contributed by atoms with Gasteiger partial charge in [0.2, 0.25) is 5.91 Å². The summed E-state index contributed by atoms with van der Waals surface area (Å²) >= 11 is 5.74. The molecule has 2 rings (SSSR count). The molecular formula is C14H16ClF2N3O. The van der Waals surface area contributed by atoms with Gasteiger partial charge in [0.15, 0.2) is 5.82 Å². The van der Waals surface area contributed by atoms with Crippen LogP contribution in [0.5, 0.6) is 0 Å². The first-order chi connectivity index (χ1) is 9.86. The summed E-state index contributed by atoms with van der Waals surface area (Å²) in [6.45, 7) is 1.67. The molecule has 0 radical (unpaired) electrons. The molecule has 4 nitrogen and oxygen atoms in total. The Morgan fingerprint density at radius 1 is 1.43 bits per heavy atom. The second kappa shape index (κ2) is 5.97. The third kappa shape index (κ3) is 2.85. The number of rotatable bonds is 4. The minimum absolute atomic E-state index is 0.0509. The lowest BCUT2D eigenvalue weighted by atomic mass is 10.2. The fourth-order valence-electron chi connectivity index (χ4n) is 2.35. The highest BCUT2D eigenvalue weighted by molar-refractivity contribution is 6.17. The van der Waals surface area contributed by atoms with E-state index in [1.54, 1.807) is 25.6 Å². The summed E-state index contributed by atoms with van der Waals surface area (Å²) in [7, 11) is 3.25. The highest BCUT2D eigenvalue weighted by atomic mass is 35.5. The number of nitrogens with zero attached hydrogens (tertiary/aromatic N) is 3. The van der Waals surface area contributed by atoms with E-state index in [0.717, 1.165) is 6.07 Å². The molecule has 0 N–H and O–H groups in total. The van der Waals surface area contributed by atoms with Gasteiger partial charge in [-0.25, -0.2) is 13.8 Å². The minimum atomic E-state index is -0.746. The number of aryl methyl sites for hydroxylation is 1. The molecule has 0 spiro atoms. The molecule has 1 amide bonds. The van der Waals surface area contributed by atoms with E-state index >= 15 is 0 Å². The molecule has 114 valence electrons. The topological polar surface area (TPSA) is 38.1 Å². The van der Waals surface area contributed by atoms with E-state index in [2.05, 4.69) is 4.98 Å². The van der Waals surface area contributed by atoms with Crippen molar-refractivity contribution in [3.63, 3.8) is 0 Å². The normalized spacial score (nSPS) is 12.7. The van der Waals surface area contributed by atoms with Crippen molar-refractivity contribution in [2.45, 2.75) is 19.4 Å². The largest absolute Gasteiger partial charge is 0.347 e. The number of likely N-dealkylation sites (N-methyl/N-ethyl adjacent to an activating group) is 1. The predicted molar refractivity (Wildman–Crippen MR) is 77.5 cm³/mol. The summed E-state index contributed by atoms with van der Waals surface area (Å²) in [6, 6.07) is 1.34. The Bertz CT molecular complexity index is 684. The average Bonchev–Trinajstić information content (AvgIpc) is 2.76. The van der Waals surface area contributed by atoms with Crippen LogP contribution >= 0.6 is 11.6 Å². The standard InChI is InChI=1S/C14H16ClF2N3O/c1-8(14(21)19(2)3)20-11-7-9(16)6-10(17)13(11)18-12(20)4-5-15/h6-8H,4-5H2,1-3H3. The number of hydrogen-bond acceptors (Lipinski definition) is 2. The quantitative estimate of drug-likeness (QED) is 0.814. The first-order valence-corrected chi connectivity index (χ1v) is 7.03. The van der Waals surface area contributed by atoms with Gasteiger partial charge in [-0.2, -0.15) is 0 Å². The molecule has 0 bridgehead atoms. The summed E-state index contributed by atoms with van der Waals surface area (Å²) in [5.74, 6) is -0.898. The number of aromatic nitrogens is 2. The van der Waals surface area contributed by atoms with Crippen molar-refractivity contribution in [3.8, 4) is 0 Å². The summed E-state index contributed by atoms with van der Waals surface area (Å²) in [6.07, 6.45) is 0.363. The number of halogens is 3. The lowest BCUT2D eigenvalue weighted by Crippen LogP contribution is -2.30. The zero-order valence-corrected chi connectivity index (χ0v) is 12.8. The van der Waals surface area contributed by atoms with Crippen LogP contribution in [0.3, 0.4) is 0 Å². The molecule has 0 aliphatic rings. The summed E-state index contributed by atoms with van der Waals surface area (Å²) in [4.78, 5) is 17.8. The van der Waals surface area contributed by atoms with E-state index in [4.69, 9.17) is 11.6 Å². The number of fused-ring (bicyclic) bond motifs is 1. The fourth-order valence-corrected chi connectivity index (χ4v) is 2.51. The molecule has 1 aromatic carbocycles. The molecule has 1 aromatic heterocycles. The highest BCUT2D eigenvalue weighted by Crippen LogP contribution is 2.26. The Labute approximate surface area is 126 Å². The van der Waals surface area contributed by atoms with Crippen molar-refractivity contribution >= 4 is 28.5 Å². The summed E-state index contributed by atoms with van der Waals surface area (Å²) < 4.78 is 28.9. The molecule has 0 saturated heterocycles. The van der Waals surface area contributed by atoms with Crippen molar-refractivity contribution in [1.29, 1.82) is 0 Å². The number of alkyl halides is 1. The Hall–Kier alpha value is -1.69. The molecule has 0 saturated carbocycles. The van der Waals surface area contributed by atoms with Gasteiger partial charge in [0.1, 0.15) is 23.2 Å². The number of imidazole rings is 1. The van der Waals surface area contributed by atoms with E-state index in [-0.39, 0.29) is 22.8 Å². The van der Waals surface area contributed by atoms with E-state index in [1.165, 1.54) is 11.0 Å². The van der Waals surface area contributed by atoms with Crippen LogP contribution in [0, 0.1) is 11.6 Å².